The summed E-state index contributed by atoms with van der Waals surface area (Å²) >= 11 is 17.9. The summed E-state index contributed by atoms with van der Waals surface area (Å²) in [4.78, 5) is 0. The monoisotopic (exact) mass is 374 g/mol. The number of rotatable bonds is 7. The molecule has 0 heterocycles. The van der Waals surface area contributed by atoms with Gasteiger partial charge < -0.3 is 15.2 Å². The Balaban J connectivity index is 1.81. The molecule has 0 bridgehead atoms. The smallest absolute Gasteiger partial charge is 0.139 e. The van der Waals surface area contributed by atoms with E-state index >= 15 is 0 Å². The van der Waals surface area contributed by atoms with Gasteiger partial charge in [0, 0.05) is 21.7 Å². The minimum atomic E-state index is -0.619. The molecule has 0 spiro atoms. The van der Waals surface area contributed by atoms with Crippen LogP contribution in [0.1, 0.15) is 18.5 Å². The van der Waals surface area contributed by atoms with Gasteiger partial charge in [0.05, 0.1) is 5.02 Å². The number of halogens is 3. The first-order valence-electron chi connectivity index (χ1n) is 7.30. The standard InChI is InChI=1S/C17H18Cl3NO2/c1-11(12-3-2-4-13(18)7-12)21-9-15(22)10-23-17-8-14(19)5-6-16(17)20/h2-8,11,15,21-22H,9-10H2,1H3/p+1/t11-,15-/m0/s1. The zero-order valence-corrected chi connectivity index (χ0v) is 14.9. The number of aliphatic hydroxyl groups excluding tert-OH is 1. The van der Waals surface area contributed by atoms with Gasteiger partial charge in [-0.2, -0.15) is 0 Å². The van der Waals surface area contributed by atoms with E-state index in [1.165, 1.54) is 0 Å². The predicted octanol–water partition coefficient (Wildman–Crippen LogP) is 3.71. The zero-order chi connectivity index (χ0) is 16.8. The van der Waals surface area contributed by atoms with Gasteiger partial charge in [0.1, 0.15) is 31.0 Å². The summed E-state index contributed by atoms with van der Waals surface area (Å²) in [7, 11) is 0. The maximum absolute atomic E-state index is 10.1. The highest BCUT2D eigenvalue weighted by atomic mass is 35.5. The van der Waals surface area contributed by atoms with Crippen molar-refractivity contribution in [2.75, 3.05) is 13.2 Å². The Hall–Kier alpha value is -0.970. The number of nitrogens with two attached hydrogens (primary N) is 1. The van der Waals surface area contributed by atoms with Gasteiger partial charge in [-0.15, -0.1) is 0 Å². The first kappa shape index (κ1) is 18.4. The highest BCUT2D eigenvalue weighted by molar-refractivity contribution is 6.34. The summed E-state index contributed by atoms with van der Waals surface area (Å²) in [6, 6.07) is 12.9. The van der Waals surface area contributed by atoms with E-state index in [2.05, 4.69) is 6.92 Å². The molecular weight excluding hydrogens is 357 g/mol. The molecule has 124 valence electrons. The number of ether oxygens (including phenoxy) is 1. The Morgan fingerprint density at radius 1 is 1.09 bits per heavy atom. The Bertz CT molecular complexity index is 651. The van der Waals surface area contributed by atoms with Crippen LogP contribution in [0.2, 0.25) is 15.1 Å². The van der Waals surface area contributed by atoms with Gasteiger partial charge in [-0.25, -0.2) is 0 Å². The van der Waals surface area contributed by atoms with E-state index < -0.39 is 6.10 Å². The molecule has 6 heteroatoms. The summed E-state index contributed by atoms with van der Waals surface area (Å²) in [5.41, 5.74) is 1.11. The number of hydrogen-bond acceptors (Lipinski definition) is 2. The van der Waals surface area contributed by atoms with Crippen molar-refractivity contribution >= 4 is 34.8 Å². The van der Waals surface area contributed by atoms with Gasteiger partial charge >= 0.3 is 0 Å². The maximum Gasteiger partial charge on any atom is 0.139 e. The molecule has 0 saturated heterocycles. The highest BCUT2D eigenvalue weighted by Gasteiger charge is 2.14. The predicted molar refractivity (Wildman–Crippen MR) is 94.6 cm³/mol. The maximum atomic E-state index is 10.1. The van der Waals surface area contributed by atoms with Crippen LogP contribution in [0.4, 0.5) is 0 Å². The Kier molecular flexibility index (Phi) is 7.00. The van der Waals surface area contributed by atoms with Crippen molar-refractivity contribution < 1.29 is 15.2 Å². The lowest BCUT2D eigenvalue weighted by molar-refractivity contribution is -0.698. The van der Waals surface area contributed by atoms with Gasteiger partial charge in [0.2, 0.25) is 0 Å². The topological polar surface area (TPSA) is 46.1 Å². The minimum absolute atomic E-state index is 0.152. The zero-order valence-electron chi connectivity index (χ0n) is 12.7. The SMILES string of the molecule is C[C@H]([NH2+]C[C@H](O)COc1cc(Cl)ccc1Cl)c1cccc(Cl)c1. The molecule has 2 atom stereocenters. The quantitative estimate of drug-likeness (QED) is 0.775. The second kappa shape index (κ2) is 8.76. The van der Waals surface area contributed by atoms with Gasteiger partial charge in [0.25, 0.3) is 0 Å². The van der Waals surface area contributed by atoms with E-state index in [9.17, 15) is 5.11 Å². The molecule has 3 nitrogen and oxygen atoms in total. The molecule has 0 aliphatic rings. The lowest BCUT2D eigenvalue weighted by Crippen LogP contribution is -2.87. The highest BCUT2D eigenvalue weighted by Crippen LogP contribution is 2.27. The largest absolute Gasteiger partial charge is 0.489 e. The molecule has 23 heavy (non-hydrogen) atoms. The van der Waals surface area contributed by atoms with Crippen molar-refractivity contribution in [1.29, 1.82) is 0 Å². The molecule has 0 aliphatic carbocycles. The van der Waals surface area contributed by atoms with Crippen molar-refractivity contribution in [3.63, 3.8) is 0 Å². The molecule has 2 rings (SSSR count). The number of aliphatic hydroxyl groups is 1. The lowest BCUT2D eigenvalue weighted by atomic mass is 10.1. The number of quaternary nitrogens is 1. The third kappa shape index (κ3) is 5.87. The van der Waals surface area contributed by atoms with Crippen LogP contribution in [0.3, 0.4) is 0 Å². The van der Waals surface area contributed by atoms with Crippen molar-refractivity contribution in [2.24, 2.45) is 0 Å². The van der Waals surface area contributed by atoms with Crippen LogP contribution >= 0.6 is 34.8 Å². The fraction of sp³-hybridized carbons (Fsp3) is 0.294. The molecule has 0 fully saturated rings. The molecule has 2 aromatic rings. The molecule has 0 aliphatic heterocycles. The average molecular weight is 376 g/mol. The second-order valence-electron chi connectivity index (χ2n) is 5.35. The van der Waals surface area contributed by atoms with Gasteiger partial charge in [-0.05, 0) is 31.2 Å². The van der Waals surface area contributed by atoms with Gasteiger partial charge in [-0.3, -0.25) is 0 Å². The Labute approximate surface area is 151 Å². The van der Waals surface area contributed by atoms with Crippen LogP contribution in [-0.2, 0) is 0 Å². The van der Waals surface area contributed by atoms with Crippen LogP contribution in [-0.4, -0.2) is 24.4 Å². The third-order valence-electron chi connectivity index (χ3n) is 3.46. The van der Waals surface area contributed by atoms with E-state index in [1.807, 2.05) is 29.6 Å². The van der Waals surface area contributed by atoms with E-state index in [1.54, 1.807) is 18.2 Å². The fourth-order valence-electron chi connectivity index (χ4n) is 2.13. The van der Waals surface area contributed by atoms with Crippen molar-refractivity contribution in [3.8, 4) is 5.75 Å². The Morgan fingerprint density at radius 2 is 1.83 bits per heavy atom. The summed E-state index contributed by atoms with van der Waals surface area (Å²) in [6.07, 6.45) is -0.619. The van der Waals surface area contributed by atoms with E-state index in [0.29, 0.717) is 27.4 Å². The van der Waals surface area contributed by atoms with E-state index in [4.69, 9.17) is 39.5 Å². The summed E-state index contributed by atoms with van der Waals surface area (Å²) in [5.74, 6) is 0.473. The van der Waals surface area contributed by atoms with Crippen LogP contribution in [0.5, 0.6) is 5.75 Å². The fourth-order valence-corrected chi connectivity index (χ4v) is 2.66. The van der Waals surface area contributed by atoms with Crippen LogP contribution in [0.25, 0.3) is 0 Å². The molecule has 3 N–H and O–H groups in total. The first-order chi connectivity index (χ1) is 11.0. The molecule has 0 saturated carbocycles. The van der Waals surface area contributed by atoms with Crippen LogP contribution in [0.15, 0.2) is 42.5 Å². The molecule has 2 aromatic carbocycles. The molecular formula is C17H19Cl3NO2+. The summed E-state index contributed by atoms with van der Waals surface area (Å²) < 4.78 is 5.53. The van der Waals surface area contributed by atoms with Gasteiger partial charge in [-0.1, -0.05) is 46.9 Å². The average Bonchev–Trinajstić information content (AvgIpc) is 2.53. The van der Waals surface area contributed by atoms with E-state index in [-0.39, 0.29) is 12.6 Å². The first-order valence-corrected chi connectivity index (χ1v) is 8.44. The molecule has 0 aromatic heterocycles. The van der Waals surface area contributed by atoms with Crippen LogP contribution < -0.4 is 10.1 Å². The minimum Gasteiger partial charge on any atom is -0.489 e. The third-order valence-corrected chi connectivity index (χ3v) is 4.24. The molecule has 0 radical (unpaired) electrons. The summed E-state index contributed by atoms with van der Waals surface area (Å²) in [5, 5.41) is 13.8. The van der Waals surface area contributed by atoms with Crippen LogP contribution in [0, 0.1) is 0 Å². The Morgan fingerprint density at radius 3 is 2.57 bits per heavy atom. The number of hydrogen-bond donors (Lipinski definition) is 2. The number of benzene rings is 2. The normalized spacial score (nSPS) is 13.6. The lowest BCUT2D eigenvalue weighted by Gasteiger charge is -2.16. The van der Waals surface area contributed by atoms with Crippen molar-refractivity contribution in [2.45, 2.75) is 19.1 Å². The van der Waals surface area contributed by atoms with E-state index in [0.717, 1.165) is 5.56 Å². The van der Waals surface area contributed by atoms with Crippen molar-refractivity contribution in [1.82, 2.24) is 0 Å². The van der Waals surface area contributed by atoms with Crippen molar-refractivity contribution in [3.05, 3.63) is 63.1 Å². The molecule has 0 amide bonds. The molecule has 0 unspecified atom stereocenters. The van der Waals surface area contributed by atoms with Gasteiger partial charge in [0.15, 0.2) is 0 Å². The second-order valence-corrected chi connectivity index (χ2v) is 6.63. The summed E-state index contributed by atoms with van der Waals surface area (Å²) in [6.45, 7) is 2.72.